The average Bonchev–Trinajstić information content (AvgIpc) is 3.21. The van der Waals surface area contributed by atoms with E-state index in [9.17, 15) is 4.79 Å². The minimum Gasteiger partial charge on any atom is -0.491 e. The lowest BCUT2D eigenvalue weighted by Gasteiger charge is -2.15. The molecule has 0 bridgehead atoms. The van der Waals surface area contributed by atoms with Gasteiger partial charge in [-0.3, -0.25) is 4.79 Å². The van der Waals surface area contributed by atoms with E-state index in [1.807, 2.05) is 18.2 Å². The molecule has 2 heterocycles. The molecule has 6 heteroatoms. The molecule has 0 aliphatic carbocycles. The van der Waals surface area contributed by atoms with E-state index in [2.05, 4.69) is 67.2 Å². The van der Waals surface area contributed by atoms with E-state index in [1.165, 1.54) is 22.9 Å². The lowest BCUT2D eigenvalue weighted by atomic mass is 10.0. The number of benzene rings is 2. The highest BCUT2D eigenvalue weighted by Crippen LogP contribution is 2.30. The Morgan fingerprint density at radius 3 is 2.77 bits per heavy atom. The molecule has 4 nitrogen and oxygen atoms in total. The Morgan fingerprint density at radius 2 is 2.03 bits per heavy atom. The van der Waals surface area contributed by atoms with Gasteiger partial charge in [0.05, 0.1) is 11.4 Å². The minimum absolute atomic E-state index is 0.133. The number of nitrogens with one attached hydrogen (secondary N) is 1. The zero-order chi connectivity index (χ0) is 21.3. The first-order valence-electron chi connectivity index (χ1n) is 9.98. The third-order valence-electron chi connectivity index (χ3n) is 5.13. The molecule has 4 rings (SSSR count). The van der Waals surface area contributed by atoms with Crippen LogP contribution in [0.4, 0.5) is 0 Å². The van der Waals surface area contributed by atoms with Gasteiger partial charge in [-0.15, -0.1) is 0 Å². The number of thioether (sulfide) groups is 1. The largest absolute Gasteiger partial charge is 0.491 e. The van der Waals surface area contributed by atoms with Crippen LogP contribution in [-0.2, 0) is 11.3 Å². The van der Waals surface area contributed by atoms with Crippen LogP contribution in [0.2, 0.25) is 0 Å². The molecule has 154 valence electrons. The Balaban J connectivity index is 1.57. The third kappa shape index (κ3) is 4.30. The van der Waals surface area contributed by atoms with Crippen molar-refractivity contribution >= 4 is 51.2 Å². The molecule has 0 radical (unpaired) electrons. The first-order valence-corrected chi connectivity index (χ1v) is 11.2. The second kappa shape index (κ2) is 8.66. The number of aromatic nitrogens is 1. The molecular weight excluding hydrogens is 412 g/mol. The van der Waals surface area contributed by atoms with E-state index in [0.29, 0.717) is 28.3 Å². The third-order valence-corrected chi connectivity index (χ3v) is 6.29. The molecule has 1 amide bonds. The van der Waals surface area contributed by atoms with Crippen LogP contribution in [0.25, 0.3) is 17.0 Å². The highest BCUT2D eigenvalue weighted by Gasteiger charge is 2.22. The Bertz CT molecular complexity index is 1160. The van der Waals surface area contributed by atoms with Gasteiger partial charge < -0.3 is 14.6 Å². The number of ether oxygens (including phenoxy) is 1. The summed E-state index contributed by atoms with van der Waals surface area (Å²) in [5, 5.41) is 3.78. The molecule has 1 fully saturated rings. The van der Waals surface area contributed by atoms with Crippen molar-refractivity contribution in [3.05, 3.63) is 70.3 Å². The Hall–Kier alpha value is -2.57. The number of carbonyl (C=O) groups excluding carboxylic acids is 1. The number of hydrogen-bond acceptors (Lipinski definition) is 4. The summed E-state index contributed by atoms with van der Waals surface area (Å²) in [7, 11) is 0. The molecule has 0 spiro atoms. The van der Waals surface area contributed by atoms with Gasteiger partial charge in [-0.2, -0.15) is 0 Å². The van der Waals surface area contributed by atoms with Gasteiger partial charge in [0.15, 0.2) is 0 Å². The molecular formula is C24H24N2O2S2. The van der Waals surface area contributed by atoms with E-state index < -0.39 is 0 Å². The van der Waals surface area contributed by atoms with Crippen molar-refractivity contribution in [1.82, 2.24) is 9.88 Å². The van der Waals surface area contributed by atoms with Crippen LogP contribution in [0.15, 0.2) is 53.6 Å². The summed E-state index contributed by atoms with van der Waals surface area (Å²) < 4.78 is 8.87. The molecule has 1 N–H and O–H groups in total. The number of aryl methyl sites for hydroxylation is 1. The number of thiocarbonyl (C=S) groups is 1. The maximum absolute atomic E-state index is 12.1. The van der Waals surface area contributed by atoms with E-state index in [1.54, 1.807) is 0 Å². The van der Waals surface area contributed by atoms with Crippen LogP contribution in [0.5, 0.6) is 5.75 Å². The Kier molecular flexibility index (Phi) is 5.97. The van der Waals surface area contributed by atoms with Crippen LogP contribution in [-0.4, -0.2) is 21.4 Å². The average molecular weight is 437 g/mol. The molecule has 1 saturated heterocycles. The maximum atomic E-state index is 12.1. The Morgan fingerprint density at radius 1 is 1.23 bits per heavy atom. The van der Waals surface area contributed by atoms with Crippen LogP contribution < -0.4 is 10.1 Å². The van der Waals surface area contributed by atoms with Crippen molar-refractivity contribution < 1.29 is 9.53 Å². The van der Waals surface area contributed by atoms with Crippen molar-refractivity contribution in [3.63, 3.8) is 0 Å². The highest BCUT2D eigenvalue weighted by molar-refractivity contribution is 8.26. The van der Waals surface area contributed by atoms with Gasteiger partial charge in [0.1, 0.15) is 16.7 Å². The van der Waals surface area contributed by atoms with E-state index in [4.69, 9.17) is 17.0 Å². The van der Waals surface area contributed by atoms with Crippen molar-refractivity contribution in [1.29, 1.82) is 0 Å². The molecule has 0 unspecified atom stereocenters. The molecule has 2 aromatic carbocycles. The van der Waals surface area contributed by atoms with Crippen molar-refractivity contribution in [2.45, 2.75) is 33.2 Å². The highest BCUT2D eigenvalue weighted by atomic mass is 32.2. The van der Waals surface area contributed by atoms with Gasteiger partial charge in [-0.1, -0.05) is 68.2 Å². The summed E-state index contributed by atoms with van der Waals surface area (Å²) >= 11 is 6.41. The number of fused-ring (bicyclic) bond motifs is 1. The van der Waals surface area contributed by atoms with E-state index in [-0.39, 0.29) is 5.91 Å². The summed E-state index contributed by atoms with van der Waals surface area (Å²) in [5.74, 6) is 1.23. The number of para-hydroxylation sites is 1. The van der Waals surface area contributed by atoms with E-state index in [0.717, 1.165) is 22.2 Å². The lowest BCUT2D eigenvalue weighted by Crippen LogP contribution is -2.17. The van der Waals surface area contributed by atoms with Crippen molar-refractivity contribution in [2.24, 2.45) is 0 Å². The number of carbonyl (C=O) groups is 1. The fraction of sp³-hybridized carbons (Fsp3) is 0.250. The van der Waals surface area contributed by atoms with Crippen molar-refractivity contribution in [2.75, 3.05) is 6.61 Å². The smallest absolute Gasteiger partial charge is 0.263 e. The molecule has 1 aliphatic heterocycles. The number of amides is 1. The summed E-state index contributed by atoms with van der Waals surface area (Å²) in [5.41, 5.74) is 4.54. The number of rotatable bonds is 6. The predicted molar refractivity (Wildman–Crippen MR) is 129 cm³/mol. The first-order chi connectivity index (χ1) is 14.4. The SMILES string of the molecule is Cc1ccc(C(C)C)c(OCCn2cc(/C=C3\SC(=S)NC3=O)c3ccccc32)c1. The zero-order valence-electron chi connectivity index (χ0n) is 17.3. The number of nitrogens with zero attached hydrogens (tertiary/aromatic N) is 1. The second-order valence-corrected chi connectivity index (χ2v) is 9.41. The predicted octanol–water partition coefficient (Wildman–Crippen LogP) is 5.64. The zero-order valence-corrected chi connectivity index (χ0v) is 18.9. The number of hydrogen-bond donors (Lipinski definition) is 1. The summed E-state index contributed by atoms with van der Waals surface area (Å²) in [4.78, 5) is 12.7. The fourth-order valence-electron chi connectivity index (χ4n) is 3.63. The van der Waals surface area contributed by atoms with Gasteiger partial charge in [-0.25, -0.2) is 0 Å². The monoisotopic (exact) mass is 436 g/mol. The molecule has 30 heavy (non-hydrogen) atoms. The molecule has 0 atom stereocenters. The first kappa shape index (κ1) is 20.7. The quantitative estimate of drug-likeness (QED) is 0.401. The van der Waals surface area contributed by atoms with Crippen LogP contribution in [0.3, 0.4) is 0 Å². The van der Waals surface area contributed by atoms with Gasteiger partial charge in [-0.05, 0) is 42.2 Å². The van der Waals surface area contributed by atoms with Crippen LogP contribution in [0.1, 0.15) is 36.5 Å². The maximum Gasteiger partial charge on any atom is 0.263 e. The van der Waals surface area contributed by atoms with Gasteiger partial charge >= 0.3 is 0 Å². The van der Waals surface area contributed by atoms with Crippen molar-refractivity contribution in [3.8, 4) is 5.75 Å². The minimum atomic E-state index is -0.133. The van der Waals surface area contributed by atoms with Gasteiger partial charge in [0.2, 0.25) is 0 Å². The Labute approximate surface area is 186 Å². The summed E-state index contributed by atoms with van der Waals surface area (Å²) in [6.45, 7) is 7.72. The van der Waals surface area contributed by atoms with Gasteiger partial charge in [0, 0.05) is 22.7 Å². The summed E-state index contributed by atoms with van der Waals surface area (Å²) in [6, 6.07) is 14.6. The molecule has 1 aromatic heterocycles. The topological polar surface area (TPSA) is 43.3 Å². The summed E-state index contributed by atoms with van der Waals surface area (Å²) in [6.07, 6.45) is 3.99. The molecule has 1 aliphatic rings. The van der Waals surface area contributed by atoms with Crippen LogP contribution in [0, 0.1) is 6.92 Å². The molecule has 3 aromatic rings. The van der Waals surface area contributed by atoms with Crippen LogP contribution >= 0.6 is 24.0 Å². The van der Waals surface area contributed by atoms with E-state index >= 15 is 0 Å². The molecule has 0 saturated carbocycles. The standard InChI is InChI=1S/C24H24N2O2S2/c1-15(2)18-9-8-16(3)12-21(18)28-11-10-26-14-17(19-6-4-5-7-20(19)26)13-22-23(27)25-24(29)30-22/h4-9,12-15H,10-11H2,1-3H3,(H,25,27,29)/b22-13-. The van der Waals surface area contributed by atoms with Gasteiger partial charge in [0.25, 0.3) is 5.91 Å². The lowest BCUT2D eigenvalue weighted by molar-refractivity contribution is -0.115. The normalized spacial score (nSPS) is 15.4. The fourth-order valence-corrected chi connectivity index (χ4v) is 4.67. The second-order valence-electron chi connectivity index (χ2n) is 7.69.